The van der Waals surface area contributed by atoms with Gasteiger partial charge in [0.2, 0.25) is 0 Å². The Bertz CT molecular complexity index is 1300. The molecule has 3 aromatic carbocycles. The Balaban J connectivity index is 1.32. The van der Waals surface area contributed by atoms with Crippen LogP contribution in [0.5, 0.6) is 17.2 Å². The highest BCUT2D eigenvalue weighted by atomic mass is 16.5. The molecule has 0 spiro atoms. The van der Waals surface area contributed by atoms with E-state index in [2.05, 4.69) is 44.2 Å². The van der Waals surface area contributed by atoms with Gasteiger partial charge in [0, 0.05) is 42.7 Å². The first-order valence-electron chi connectivity index (χ1n) is 12.8. The second-order valence-corrected chi connectivity index (χ2v) is 9.87. The fraction of sp³-hybridized carbons (Fsp3) is 0.387. The van der Waals surface area contributed by atoms with Crippen molar-refractivity contribution in [3.05, 3.63) is 76.3 Å². The van der Waals surface area contributed by atoms with Crippen LogP contribution >= 0.6 is 0 Å². The summed E-state index contributed by atoms with van der Waals surface area (Å²) in [5.74, 6) is 2.67. The third-order valence-electron chi connectivity index (χ3n) is 7.43. The molecule has 194 valence electrons. The Hall–Kier alpha value is -3.51. The summed E-state index contributed by atoms with van der Waals surface area (Å²) in [7, 11) is 3.15. The third-order valence-corrected chi connectivity index (χ3v) is 7.43. The molecule has 3 aromatic rings. The molecule has 37 heavy (non-hydrogen) atoms. The molecule has 2 aliphatic rings. The maximum Gasteiger partial charge on any atom is 0.306 e. The normalized spacial score (nSPS) is 17.5. The van der Waals surface area contributed by atoms with Crippen molar-refractivity contribution < 1.29 is 28.5 Å². The Kier molecular flexibility index (Phi) is 7.38. The van der Waals surface area contributed by atoms with Crippen LogP contribution in [0.4, 0.5) is 0 Å². The summed E-state index contributed by atoms with van der Waals surface area (Å²) in [6.07, 6.45) is 1.27. The van der Waals surface area contributed by atoms with E-state index >= 15 is 0 Å². The molecule has 0 saturated heterocycles. The zero-order chi connectivity index (χ0) is 25.9. The number of benzene rings is 3. The van der Waals surface area contributed by atoms with Crippen molar-refractivity contribution in [2.24, 2.45) is 0 Å². The van der Waals surface area contributed by atoms with Gasteiger partial charge in [-0.15, -0.1) is 0 Å². The number of ether oxygens (including phenoxy) is 5. The predicted molar refractivity (Wildman–Crippen MR) is 142 cm³/mol. The fourth-order valence-electron chi connectivity index (χ4n) is 5.58. The van der Waals surface area contributed by atoms with Crippen LogP contribution in [-0.2, 0) is 20.9 Å². The average molecular weight is 503 g/mol. The molecule has 2 unspecified atom stereocenters. The first kappa shape index (κ1) is 25.2. The van der Waals surface area contributed by atoms with E-state index in [0.717, 1.165) is 41.4 Å². The lowest BCUT2D eigenvalue weighted by molar-refractivity contribution is -0.141. The maximum atomic E-state index is 11.7. The minimum atomic E-state index is -0.228. The number of esters is 1. The highest BCUT2D eigenvalue weighted by Crippen LogP contribution is 2.44. The standard InChI is InChI=1S/C31H34O6/c1-19-12-28-31(23(17-37-28)10-11-33-3)20(2)30(19)22-7-5-6-21(13-22)16-35-25-8-9-26-24(14-29(32)34-4)18-36-27(26)15-25/h5-9,12-13,15,23-24H,10-11,14,16-18H2,1-4H3. The van der Waals surface area contributed by atoms with Gasteiger partial charge in [-0.3, -0.25) is 4.79 Å². The highest BCUT2D eigenvalue weighted by molar-refractivity contribution is 5.75. The molecule has 0 radical (unpaired) electrons. The van der Waals surface area contributed by atoms with Crippen molar-refractivity contribution in [1.29, 1.82) is 0 Å². The Labute approximate surface area is 218 Å². The lowest BCUT2D eigenvalue weighted by Crippen LogP contribution is -2.09. The summed E-state index contributed by atoms with van der Waals surface area (Å²) in [6, 6.07) is 16.5. The topological polar surface area (TPSA) is 63.2 Å². The predicted octanol–water partition coefficient (Wildman–Crippen LogP) is 6.10. The molecule has 0 aromatic heterocycles. The van der Waals surface area contributed by atoms with E-state index in [1.807, 2.05) is 18.2 Å². The van der Waals surface area contributed by atoms with Crippen LogP contribution in [0.1, 0.15) is 52.5 Å². The quantitative estimate of drug-likeness (QED) is 0.330. The first-order valence-corrected chi connectivity index (χ1v) is 12.8. The molecule has 2 aliphatic heterocycles. The average Bonchev–Trinajstić information content (AvgIpc) is 3.50. The monoisotopic (exact) mass is 502 g/mol. The van der Waals surface area contributed by atoms with Gasteiger partial charge in [0.1, 0.15) is 23.9 Å². The number of aryl methyl sites for hydroxylation is 1. The summed E-state index contributed by atoms with van der Waals surface area (Å²) in [5, 5.41) is 0. The van der Waals surface area contributed by atoms with E-state index in [0.29, 0.717) is 32.2 Å². The first-order chi connectivity index (χ1) is 18.0. The van der Waals surface area contributed by atoms with Crippen molar-refractivity contribution in [3.63, 3.8) is 0 Å². The molecule has 5 rings (SSSR count). The Morgan fingerprint density at radius 3 is 2.59 bits per heavy atom. The number of hydrogen-bond donors (Lipinski definition) is 0. The molecule has 0 aliphatic carbocycles. The molecule has 0 saturated carbocycles. The molecule has 0 amide bonds. The van der Waals surface area contributed by atoms with Gasteiger partial charge in [-0.2, -0.15) is 0 Å². The van der Waals surface area contributed by atoms with Gasteiger partial charge in [0.25, 0.3) is 0 Å². The van der Waals surface area contributed by atoms with Gasteiger partial charge < -0.3 is 23.7 Å². The molecular formula is C31H34O6. The lowest BCUT2D eigenvalue weighted by atomic mass is 9.86. The molecule has 0 N–H and O–H groups in total. The van der Waals surface area contributed by atoms with Crippen LogP contribution in [0.25, 0.3) is 11.1 Å². The van der Waals surface area contributed by atoms with Crippen LogP contribution in [0.3, 0.4) is 0 Å². The van der Waals surface area contributed by atoms with E-state index in [-0.39, 0.29) is 11.9 Å². The number of hydrogen-bond acceptors (Lipinski definition) is 6. The number of carbonyl (C=O) groups excluding carboxylic acids is 1. The Morgan fingerprint density at radius 1 is 0.973 bits per heavy atom. The Morgan fingerprint density at radius 2 is 1.78 bits per heavy atom. The van der Waals surface area contributed by atoms with Crippen LogP contribution in [-0.4, -0.2) is 40.0 Å². The van der Waals surface area contributed by atoms with Gasteiger partial charge in [-0.05, 0) is 66.3 Å². The minimum Gasteiger partial charge on any atom is -0.493 e. The van der Waals surface area contributed by atoms with E-state index in [9.17, 15) is 4.79 Å². The fourth-order valence-corrected chi connectivity index (χ4v) is 5.58. The van der Waals surface area contributed by atoms with Crippen LogP contribution in [0, 0.1) is 13.8 Å². The SMILES string of the molecule is COCCC1COc2cc(C)c(-c3cccc(COc4ccc5c(c4)OCC5CC(=O)OC)c3)c(C)c21. The smallest absolute Gasteiger partial charge is 0.306 e. The van der Waals surface area contributed by atoms with Crippen LogP contribution in [0.15, 0.2) is 48.5 Å². The summed E-state index contributed by atoms with van der Waals surface area (Å²) in [6.45, 7) is 6.72. The summed E-state index contributed by atoms with van der Waals surface area (Å²) in [4.78, 5) is 11.7. The molecule has 0 bridgehead atoms. The summed E-state index contributed by atoms with van der Waals surface area (Å²) < 4.78 is 28.1. The van der Waals surface area contributed by atoms with E-state index in [1.165, 1.54) is 34.9 Å². The van der Waals surface area contributed by atoms with Crippen molar-refractivity contribution in [3.8, 4) is 28.4 Å². The number of rotatable bonds is 9. The molecule has 0 fully saturated rings. The van der Waals surface area contributed by atoms with Crippen LogP contribution < -0.4 is 14.2 Å². The maximum absolute atomic E-state index is 11.7. The summed E-state index contributed by atoms with van der Waals surface area (Å²) >= 11 is 0. The van der Waals surface area contributed by atoms with Gasteiger partial charge in [-0.25, -0.2) is 0 Å². The van der Waals surface area contributed by atoms with E-state index in [1.54, 1.807) is 7.11 Å². The lowest BCUT2D eigenvalue weighted by Gasteiger charge is -2.18. The van der Waals surface area contributed by atoms with Gasteiger partial charge >= 0.3 is 5.97 Å². The number of fused-ring (bicyclic) bond motifs is 2. The van der Waals surface area contributed by atoms with Crippen molar-refractivity contribution >= 4 is 5.97 Å². The zero-order valence-corrected chi connectivity index (χ0v) is 22.0. The largest absolute Gasteiger partial charge is 0.493 e. The second kappa shape index (κ2) is 10.9. The minimum absolute atomic E-state index is 0.0199. The second-order valence-electron chi connectivity index (χ2n) is 9.87. The van der Waals surface area contributed by atoms with E-state index in [4.69, 9.17) is 23.7 Å². The van der Waals surface area contributed by atoms with Crippen LogP contribution in [0.2, 0.25) is 0 Å². The van der Waals surface area contributed by atoms with Crippen molar-refractivity contribution in [1.82, 2.24) is 0 Å². The molecular weight excluding hydrogens is 468 g/mol. The zero-order valence-electron chi connectivity index (χ0n) is 22.0. The van der Waals surface area contributed by atoms with E-state index < -0.39 is 0 Å². The highest BCUT2D eigenvalue weighted by Gasteiger charge is 2.29. The third kappa shape index (κ3) is 5.16. The van der Waals surface area contributed by atoms with Gasteiger partial charge in [-0.1, -0.05) is 24.3 Å². The summed E-state index contributed by atoms with van der Waals surface area (Å²) in [5.41, 5.74) is 8.35. The van der Waals surface area contributed by atoms with Crippen molar-refractivity contribution in [2.75, 3.05) is 34.0 Å². The van der Waals surface area contributed by atoms with Gasteiger partial charge in [0.05, 0.1) is 26.7 Å². The molecule has 2 heterocycles. The van der Waals surface area contributed by atoms with Crippen molar-refractivity contribution in [2.45, 2.75) is 45.1 Å². The number of methoxy groups -OCH3 is 2. The molecule has 2 atom stereocenters. The molecule has 6 heteroatoms. The molecule has 6 nitrogen and oxygen atoms in total. The number of carbonyl (C=O) groups is 1. The van der Waals surface area contributed by atoms with Gasteiger partial charge in [0.15, 0.2) is 0 Å².